The Balaban J connectivity index is 3.68. The van der Waals surface area contributed by atoms with Crippen molar-refractivity contribution >= 4 is 5.91 Å². The Kier molecular flexibility index (Phi) is 39.0. The van der Waals surface area contributed by atoms with Gasteiger partial charge in [-0.15, -0.1) is 0 Å². The molecule has 1 unspecified atom stereocenters. The fourth-order valence-electron chi connectivity index (χ4n) is 7.23. The van der Waals surface area contributed by atoms with Gasteiger partial charge in [-0.1, -0.05) is 232 Å². The summed E-state index contributed by atoms with van der Waals surface area (Å²) < 4.78 is 0. The molecule has 4 atom stereocenters. The van der Waals surface area contributed by atoms with E-state index in [2.05, 4.69) is 19.2 Å². The molecular weight excluding hydrogens is 622 g/mol. The van der Waals surface area contributed by atoms with Crippen LogP contribution in [0.3, 0.4) is 0 Å². The van der Waals surface area contributed by atoms with Gasteiger partial charge < -0.3 is 25.7 Å². The second-order valence-electron chi connectivity index (χ2n) is 15.8. The van der Waals surface area contributed by atoms with Gasteiger partial charge in [0.25, 0.3) is 0 Å². The number of hydrogen-bond donors (Lipinski definition) is 5. The number of aliphatic hydroxyl groups is 4. The molecule has 50 heavy (non-hydrogen) atoms. The van der Waals surface area contributed by atoms with E-state index in [1.807, 2.05) is 0 Å². The number of carbonyl (C=O) groups is 1. The van der Waals surface area contributed by atoms with Crippen LogP contribution in [0, 0.1) is 0 Å². The molecule has 0 aliphatic heterocycles. The van der Waals surface area contributed by atoms with Gasteiger partial charge in [-0.25, -0.2) is 0 Å². The Morgan fingerprint density at radius 2 is 0.680 bits per heavy atom. The first-order valence-electron chi connectivity index (χ1n) is 22.4. The zero-order chi connectivity index (χ0) is 36.8. The summed E-state index contributed by atoms with van der Waals surface area (Å²) in [4.78, 5) is 12.5. The summed E-state index contributed by atoms with van der Waals surface area (Å²) in [5.41, 5.74) is 0. The highest BCUT2D eigenvalue weighted by atomic mass is 16.3. The molecule has 6 nitrogen and oxygen atoms in total. The Hall–Kier alpha value is -0.690. The molecule has 0 aromatic rings. The number of carbonyl (C=O) groups excluding carboxylic acids is 1. The molecule has 0 aliphatic rings. The number of nitrogens with one attached hydrogen (secondary N) is 1. The van der Waals surface area contributed by atoms with Gasteiger partial charge in [0, 0.05) is 0 Å². The molecule has 0 bridgehead atoms. The second-order valence-corrected chi connectivity index (χ2v) is 15.8. The number of aliphatic hydroxyl groups excluding tert-OH is 4. The van der Waals surface area contributed by atoms with Crippen LogP contribution in [0.4, 0.5) is 0 Å². The molecule has 0 saturated carbocycles. The smallest absolute Gasteiger partial charge is 0.249 e. The third kappa shape index (κ3) is 33.2. The summed E-state index contributed by atoms with van der Waals surface area (Å²) in [6, 6.07) is -0.978. The van der Waals surface area contributed by atoms with Crippen molar-refractivity contribution in [2.45, 2.75) is 269 Å². The minimum Gasteiger partial charge on any atom is -0.394 e. The average molecular weight is 712 g/mol. The molecule has 6 heteroatoms. The van der Waals surface area contributed by atoms with Gasteiger partial charge in [-0.3, -0.25) is 4.79 Å². The Labute approximate surface area is 311 Å². The first-order valence-corrected chi connectivity index (χ1v) is 22.4. The molecule has 0 rings (SSSR count). The predicted molar refractivity (Wildman–Crippen MR) is 215 cm³/mol. The summed E-state index contributed by atoms with van der Waals surface area (Å²) in [5, 5.41) is 43.7. The van der Waals surface area contributed by atoms with Crippen LogP contribution in [-0.4, -0.2) is 57.3 Å². The SMILES string of the molecule is CCCCCCCCCCCCCCCCCCCCCCC(O)C(=O)N[C@@H](CO)[C@H](O)[C@H](O)CCCCCCCCCCCCCCCC. The van der Waals surface area contributed by atoms with Gasteiger partial charge in [0.05, 0.1) is 18.8 Å². The van der Waals surface area contributed by atoms with E-state index in [4.69, 9.17) is 0 Å². The van der Waals surface area contributed by atoms with E-state index in [0.717, 1.165) is 38.5 Å². The van der Waals surface area contributed by atoms with Gasteiger partial charge in [-0.05, 0) is 12.8 Å². The minimum absolute atomic E-state index is 0.376. The Bertz CT molecular complexity index is 677. The fraction of sp³-hybridized carbons (Fsp3) is 0.977. The summed E-state index contributed by atoms with van der Waals surface area (Å²) in [7, 11) is 0. The number of unbranched alkanes of at least 4 members (excludes halogenated alkanes) is 32. The predicted octanol–water partition coefficient (Wildman–Crippen LogP) is 11.6. The molecule has 0 aromatic heterocycles. The van der Waals surface area contributed by atoms with Gasteiger partial charge in [0.2, 0.25) is 5.91 Å². The third-order valence-electron chi connectivity index (χ3n) is 10.8. The molecule has 300 valence electrons. The molecule has 5 N–H and O–H groups in total. The number of amides is 1. The van der Waals surface area contributed by atoms with Crippen LogP contribution in [0.25, 0.3) is 0 Å². The molecule has 0 heterocycles. The van der Waals surface area contributed by atoms with Crippen molar-refractivity contribution in [3.8, 4) is 0 Å². The zero-order valence-corrected chi connectivity index (χ0v) is 33.7. The van der Waals surface area contributed by atoms with Crippen LogP contribution in [-0.2, 0) is 4.79 Å². The fourth-order valence-corrected chi connectivity index (χ4v) is 7.23. The van der Waals surface area contributed by atoms with Crippen molar-refractivity contribution in [3.63, 3.8) is 0 Å². The van der Waals surface area contributed by atoms with Gasteiger partial charge in [-0.2, -0.15) is 0 Å². The zero-order valence-electron chi connectivity index (χ0n) is 33.7. The summed E-state index contributed by atoms with van der Waals surface area (Å²) >= 11 is 0. The van der Waals surface area contributed by atoms with Crippen molar-refractivity contribution in [2.75, 3.05) is 6.61 Å². The molecule has 0 saturated heterocycles. The molecular formula is C44H89NO5. The van der Waals surface area contributed by atoms with Crippen LogP contribution in [0.15, 0.2) is 0 Å². The highest BCUT2D eigenvalue weighted by Gasteiger charge is 2.28. The number of hydrogen-bond acceptors (Lipinski definition) is 5. The van der Waals surface area contributed by atoms with Gasteiger partial charge in [0.1, 0.15) is 12.2 Å². The minimum atomic E-state index is -1.25. The normalized spacial score (nSPS) is 14.1. The van der Waals surface area contributed by atoms with E-state index < -0.39 is 36.9 Å². The van der Waals surface area contributed by atoms with Gasteiger partial charge in [0.15, 0.2) is 0 Å². The first-order chi connectivity index (χ1) is 24.5. The lowest BCUT2D eigenvalue weighted by Crippen LogP contribution is -2.53. The van der Waals surface area contributed by atoms with E-state index in [9.17, 15) is 25.2 Å². The van der Waals surface area contributed by atoms with Crippen LogP contribution < -0.4 is 5.32 Å². The van der Waals surface area contributed by atoms with Crippen LogP contribution >= 0.6 is 0 Å². The van der Waals surface area contributed by atoms with E-state index in [-0.39, 0.29) is 0 Å². The highest BCUT2D eigenvalue weighted by molar-refractivity contribution is 5.80. The summed E-state index contributed by atoms with van der Waals surface area (Å²) in [6.07, 6.45) is 41.3. The van der Waals surface area contributed by atoms with Crippen molar-refractivity contribution in [2.24, 2.45) is 0 Å². The third-order valence-corrected chi connectivity index (χ3v) is 10.8. The highest BCUT2D eigenvalue weighted by Crippen LogP contribution is 2.17. The van der Waals surface area contributed by atoms with Crippen molar-refractivity contribution in [1.82, 2.24) is 5.32 Å². The lowest BCUT2D eigenvalue weighted by Gasteiger charge is -2.27. The summed E-state index contributed by atoms with van der Waals surface area (Å²) in [5.74, 6) is -0.579. The standard InChI is InChI=1S/C44H89NO5/c1-3-5-7-9-11-13-15-17-19-20-21-22-23-24-26-28-30-32-34-36-38-42(48)44(50)45-40(39-46)43(49)41(47)37-35-33-31-29-27-25-18-16-14-12-10-8-6-4-2/h40-43,46-49H,3-39H2,1-2H3,(H,45,50)/t40-,41+,42?,43-/m0/s1. The van der Waals surface area contributed by atoms with Crippen LogP contribution in [0.5, 0.6) is 0 Å². The molecule has 0 aliphatic carbocycles. The molecule has 1 amide bonds. The van der Waals surface area contributed by atoms with E-state index in [1.54, 1.807) is 0 Å². The van der Waals surface area contributed by atoms with Crippen LogP contribution in [0.2, 0.25) is 0 Å². The molecule has 0 spiro atoms. The maximum absolute atomic E-state index is 12.5. The molecule has 0 fully saturated rings. The topological polar surface area (TPSA) is 110 Å². The van der Waals surface area contributed by atoms with E-state index in [0.29, 0.717) is 12.8 Å². The monoisotopic (exact) mass is 712 g/mol. The maximum Gasteiger partial charge on any atom is 0.249 e. The quantitative estimate of drug-likeness (QED) is 0.0406. The second kappa shape index (κ2) is 39.5. The number of rotatable bonds is 41. The van der Waals surface area contributed by atoms with Crippen LogP contribution in [0.1, 0.15) is 245 Å². The lowest BCUT2D eigenvalue weighted by molar-refractivity contribution is -0.132. The Morgan fingerprint density at radius 1 is 0.420 bits per heavy atom. The summed E-state index contributed by atoms with van der Waals surface area (Å²) in [6.45, 7) is 4.06. The average Bonchev–Trinajstić information content (AvgIpc) is 3.12. The maximum atomic E-state index is 12.5. The van der Waals surface area contributed by atoms with Gasteiger partial charge >= 0.3 is 0 Å². The van der Waals surface area contributed by atoms with Crippen molar-refractivity contribution in [1.29, 1.82) is 0 Å². The largest absolute Gasteiger partial charge is 0.394 e. The van der Waals surface area contributed by atoms with E-state index >= 15 is 0 Å². The lowest BCUT2D eigenvalue weighted by atomic mass is 9.99. The molecule has 0 aromatic carbocycles. The Morgan fingerprint density at radius 3 is 0.960 bits per heavy atom. The molecule has 0 radical (unpaired) electrons. The van der Waals surface area contributed by atoms with Crippen molar-refractivity contribution < 1.29 is 25.2 Å². The van der Waals surface area contributed by atoms with E-state index in [1.165, 1.54) is 180 Å². The first kappa shape index (κ1) is 49.3. The van der Waals surface area contributed by atoms with Crippen molar-refractivity contribution in [3.05, 3.63) is 0 Å².